The van der Waals surface area contributed by atoms with E-state index in [0.29, 0.717) is 19.8 Å². The summed E-state index contributed by atoms with van der Waals surface area (Å²) in [6.07, 6.45) is 6.54. The van der Waals surface area contributed by atoms with E-state index >= 15 is 0 Å². The molecule has 0 aromatic rings. The van der Waals surface area contributed by atoms with Crippen LogP contribution in [-0.4, -0.2) is 38.0 Å². The molecule has 1 aliphatic rings. The Labute approximate surface area is 132 Å². The molecule has 22 heavy (non-hydrogen) atoms. The fourth-order valence-corrected chi connectivity index (χ4v) is 2.45. The van der Waals surface area contributed by atoms with Gasteiger partial charge in [0.05, 0.1) is 6.54 Å². The van der Waals surface area contributed by atoms with E-state index in [9.17, 15) is 4.79 Å². The fourth-order valence-electron chi connectivity index (χ4n) is 2.45. The zero-order chi connectivity index (χ0) is 16.2. The first kappa shape index (κ1) is 18.5. The summed E-state index contributed by atoms with van der Waals surface area (Å²) in [4.78, 5) is 12.1. The van der Waals surface area contributed by atoms with E-state index in [1.54, 1.807) is 0 Å². The number of carbonyl (C=O) groups excluding carboxylic acids is 1. The van der Waals surface area contributed by atoms with Gasteiger partial charge in [-0.1, -0.05) is 19.3 Å². The summed E-state index contributed by atoms with van der Waals surface area (Å²) in [5, 5.41) is 15.0. The van der Waals surface area contributed by atoms with Gasteiger partial charge >= 0.3 is 0 Å². The summed E-state index contributed by atoms with van der Waals surface area (Å²) in [6, 6.07) is 2.13. The minimum absolute atomic E-state index is 0.0809. The lowest BCUT2D eigenvalue weighted by Gasteiger charge is -2.22. The van der Waals surface area contributed by atoms with Gasteiger partial charge in [0.25, 0.3) is 5.91 Å². The van der Waals surface area contributed by atoms with Crippen LogP contribution in [0.1, 0.15) is 46.0 Å². The van der Waals surface area contributed by atoms with Crippen LogP contribution in [0.2, 0.25) is 0 Å². The molecule has 2 N–H and O–H groups in total. The van der Waals surface area contributed by atoms with Crippen LogP contribution in [0.25, 0.3) is 0 Å². The van der Waals surface area contributed by atoms with E-state index in [0.717, 1.165) is 25.7 Å². The van der Waals surface area contributed by atoms with Gasteiger partial charge in [-0.15, -0.1) is 0 Å². The second-order valence-electron chi connectivity index (χ2n) is 5.23. The molecule has 0 radical (unpaired) electrons. The molecule has 0 atom stereocenters. The van der Waals surface area contributed by atoms with Crippen LogP contribution >= 0.6 is 0 Å². The van der Waals surface area contributed by atoms with Gasteiger partial charge in [0.1, 0.15) is 11.6 Å². The molecular formula is C16H27N3O3. The standard InChI is InChI=1S/C16H27N3O3/c1-3-21-15(22-4-2)12-18-11-13(10-17)16(20)19-14-8-6-5-7-9-14/h11,14-15,18H,3-9,12H2,1-2H3,(H,19,20)/b13-11-. The maximum Gasteiger partial charge on any atom is 0.263 e. The smallest absolute Gasteiger partial charge is 0.263 e. The van der Waals surface area contributed by atoms with Crippen molar-refractivity contribution in [3.8, 4) is 6.07 Å². The highest BCUT2D eigenvalue weighted by atomic mass is 16.7. The number of rotatable bonds is 9. The zero-order valence-electron chi connectivity index (χ0n) is 13.6. The van der Waals surface area contributed by atoms with Gasteiger partial charge in [-0.25, -0.2) is 0 Å². The van der Waals surface area contributed by atoms with Gasteiger partial charge in [-0.2, -0.15) is 5.26 Å². The van der Waals surface area contributed by atoms with Crippen LogP contribution in [0.3, 0.4) is 0 Å². The van der Waals surface area contributed by atoms with Crippen LogP contribution in [0, 0.1) is 11.3 Å². The van der Waals surface area contributed by atoms with Crippen molar-refractivity contribution in [2.24, 2.45) is 0 Å². The Morgan fingerprint density at radius 3 is 2.45 bits per heavy atom. The quantitative estimate of drug-likeness (QED) is 0.386. The number of nitrogens with one attached hydrogen (secondary N) is 2. The Hall–Kier alpha value is -1.58. The summed E-state index contributed by atoms with van der Waals surface area (Å²) in [6.45, 7) is 5.26. The third-order valence-corrected chi connectivity index (χ3v) is 3.54. The maximum absolute atomic E-state index is 12.1. The third kappa shape index (κ3) is 6.92. The Balaban J connectivity index is 2.43. The number of nitriles is 1. The first-order chi connectivity index (χ1) is 10.7. The molecule has 6 nitrogen and oxygen atoms in total. The molecule has 6 heteroatoms. The first-order valence-corrected chi connectivity index (χ1v) is 8.09. The van der Waals surface area contributed by atoms with Crippen molar-refractivity contribution in [2.45, 2.75) is 58.3 Å². The van der Waals surface area contributed by atoms with Gasteiger partial charge in [-0.3, -0.25) is 4.79 Å². The Morgan fingerprint density at radius 2 is 1.91 bits per heavy atom. The molecule has 0 bridgehead atoms. The van der Waals surface area contributed by atoms with E-state index < -0.39 is 0 Å². The number of ether oxygens (including phenoxy) is 2. The highest BCUT2D eigenvalue weighted by Crippen LogP contribution is 2.17. The number of nitrogens with zero attached hydrogens (tertiary/aromatic N) is 1. The van der Waals surface area contributed by atoms with E-state index in [2.05, 4.69) is 10.6 Å². The minimum Gasteiger partial charge on any atom is -0.385 e. The van der Waals surface area contributed by atoms with Crippen molar-refractivity contribution in [2.75, 3.05) is 19.8 Å². The van der Waals surface area contributed by atoms with E-state index in [1.807, 2.05) is 19.9 Å². The predicted octanol–water partition coefficient (Wildman–Crippen LogP) is 1.83. The fraction of sp³-hybridized carbons (Fsp3) is 0.750. The molecule has 0 aromatic carbocycles. The van der Waals surface area contributed by atoms with Crippen molar-refractivity contribution < 1.29 is 14.3 Å². The van der Waals surface area contributed by atoms with Crippen LogP contribution in [0.5, 0.6) is 0 Å². The van der Waals surface area contributed by atoms with Gasteiger partial charge in [0.15, 0.2) is 6.29 Å². The molecule has 0 heterocycles. The van der Waals surface area contributed by atoms with Crippen molar-refractivity contribution in [1.82, 2.24) is 10.6 Å². The molecule has 1 saturated carbocycles. The van der Waals surface area contributed by atoms with Crippen molar-refractivity contribution in [1.29, 1.82) is 5.26 Å². The Kier molecular flexibility index (Phi) is 9.28. The van der Waals surface area contributed by atoms with Gasteiger partial charge < -0.3 is 20.1 Å². The molecule has 1 aliphatic carbocycles. The van der Waals surface area contributed by atoms with Crippen LogP contribution in [-0.2, 0) is 14.3 Å². The number of hydrogen-bond acceptors (Lipinski definition) is 5. The monoisotopic (exact) mass is 309 g/mol. The average Bonchev–Trinajstić information content (AvgIpc) is 2.52. The predicted molar refractivity (Wildman–Crippen MR) is 83.8 cm³/mol. The molecule has 0 spiro atoms. The maximum atomic E-state index is 12.1. The largest absolute Gasteiger partial charge is 0.385 e. The van der Waals surface area contributed by atoms with Crippen molar-refractivity contribution >= 4 is 5.91 Å². The zero-order valence-corrected chi connectivity index (χ0v) is 13.6. The number of carbonyl (C=O) groups is 1. The summed E-state index contributed by atoms with van der Waals surface area (Å²) < 4.78 is 10.8. The summed E-state index contributed by atoms with van der Waals surface area (Å²) >= 11 is 0. The molecule has 1 fully saturated rings. The molecule has 124 valence electrons. The molecule has 0 saturated heterocycles. The van der Waals surface area contributed by atoms with Crippen molar-refractivity contribution in [3.05, 3.63) is 11.8 Å². The molecular weight excluding hydrogens is 282 g/mol. The van der Waals surface area contributed by atoms with Crippen LogP contribution < -0.4 is 10.6 Å². The number of amides is 1. The second-order valence-corrected chi connectivity index (χ2v) is 5.23. The lowest BCUT2D eigenvalue weighted by Crippen LogP contribution is -2.37. The lowest BCUT2D eigenvalue weighted by molar-refractivity contribution is -0.131. The lowest BCUT2D eigenvalue weighted by atomic mass is 9.95. The average molecular weight is 309 g/mol. The van der Waals surface area contributed by atoms with E-state index in [1.165, 1.54) is 12.6 Å². The summed E-state index contributed by atoms with van der Waals surface area (Å²) in [7, 11) is 0. The molecule has 1 rings (SSSR count). The topological polar surface area (TPSA) is 83.4 Å². The number of hydrogen-bond donors (Lipinski definition) is 2. The van der Waals surface area contributed by atoms with Gasteiger partial charge in [-0.05, 0) is 26.7 Å². The van der Waals surface area contributed by atoms with Gasteiger partial charge in [0, 0.05) is 25.5 Å². The highest BCUT2D eigenvalue weighted by molar-refractivity contribution is 5.97. The summed E-state index contributed by atoms with van der Waals surface area (Å²) in [5.41, 5.74) is 0.0809. The van der Waals surface area contributed by atoms with Crippen LogP contribution in [0.4, 0.5) is 0 Å². The normalized spacial score (nSPS) is 16.4. The Bertz CT molecular complexity index is 392. The molecule has 1 amide bonds. The molecule has 0 aliphatic heterocycles. The van der Waals surface area contributed by atoms with E-state index in [-0.39, 0.29) is 23.8 Å². The molecule has 0 unspecified atom stereocenters. The third-order valence-electron chi connectivity index (χ3n) is 3.54. The summed E-state index contributed by atoms with van der Waals surface area (Å²) in [5.74, 6) is -0.314. The SMILES string of the molecule is CCOC(CN/C=C(/C#N)C(=O)NC1CCCCC1)OCC. The second kappa shape index (κ2) is 11.0. The molecule has 0 aromatic heterocycles. The Morgan fingerprint density at radius 1 is 1.27 bits per heavy atom. The van der Waals surface area contributed by atoms with Gasteiger partial charge in [0.2, 0.25) is 0 Å². The van der Waals surface area contributed by atoms with E-state index in [4.69, 9.17) is 14.7 Å². The first-order valence-electron chi connectivity index (χ1n) is 8.09. The highest BCUT2D eigenvalue weighted by Gasteiger charge is 2.18. The minimum atomic E-state index is -0.382. The van der Waals surface area contributed by atoms with Crippen LogP contribution in [0.15, 0.2) is 11.8 Å². The van der Waals surface area contributed by atoms with Crippen molar-refractivity contribution in [3.63, 3.8) is 0 Å².